The molecule has 2 aromatic rings. The predicted molar refractivity (Wildman–Crippen MR) is 77.4 cm³/mol. The number of nitrogens with one attached hydrogen (secondary N) is 1. The van der Waals surface area contributed by atoms with E-state index in [2.05, 4.69) is 14.7 Å². The van der Waals surface area contributed by atoms with Crippen LogP contribution in [0, 0.1) is 0 Å². The second-order valence-corrected chi connectivity index (χ2v) is 5.89. The summed E-state index contributed by atoms with van der Waals surface area (Å²) in [6, 6.07) is 5.75. The highest BCUT2D eigenvalue weighted by Crippen LogP contribution is 2.29. The summed E-state index contributed by atoms with van der Waals surface area (Å²) in [6.07, 6.45) is 1.16. The Bertz CT molecular complexity index is 752. The minimum atomic E-state index is -3.91. The summed E-state index contributed by atoms with van der Waals surface area (Å²) in [7, 11) is -1.09. The summed E-state index contributed by atoms with van der Waals surface area (Å²) in [6.45, 7) is 0. The minimum Gasteiger partial charge on any atom is -0.497 e. The molecular weight excluding hydrogens is 318 g/mol. The van der Waals surface area contributed by atoms with Gasteiger partial charge in [-0.1, -0.05) is 11.6 Å². The van der Waals surface area contributed by atoms with Crippen molar-refractivity contribution in [3.63, 3.8) is 0 Å². The Kier molecular flexibility index (Phi) is 4.49. The second kappa shape index (κ2) is 6.15. The molecule has 9 heteroatoms. The smallest absolute Gasteiger partial charge is 0.266 e. The average molecular weight is 330 g/mol. The van der Waals surface area contributed by atoms with Crippen LogP contribution in [-0.2, 0) is 10.0 Å². The first-order valence-electron chi connectivity index (χ1n) is 5.68. The van der Waals surface area contributed by atoms with Gasteiger partial charge in [0, 0.05) is 12.1 Å². The monoisotopic (exact) mass is 329 g/mol. The van der Waals surface area contributed by atoms with Crippen LogP contribution in [0.25, 0.3) is 0 Å². The maximum absolute atomic E-state index is 12.4. The first kappa shape index (κ1) is 15.3. The van der Waals surface area contributed by atoms with Crippen molar-refractivity contribution in [2.45, 2.75) is 4.90 Å². The fraction of sp³-hybridized carbons (Fsp3) is 0.167. The van der Waals surface area contributed by atoms with Crippen LogP contribution in [0.3, 0.4) is 0 Å². The number of sulfonamides is 1. The second-order valence-electron chi connectivity index (χ2n) is 3.85. The van der Waals surface area contributed by atoms with Crippen molar-refractivity contribution in [3.05, 3.63) is 35.7 Å². The summed E-state index contributed by atoms with van der Waals surface area (Å²) < 4.78 is 37.2. The van der Waals surface area contributed by atoms with Crippen LogP contribution in [0.5, 0.6) is 11.5 Å². The molecule has 1 aromatic carbocycles. The number of benzene rings is 1. The van der Waals surface area contributed by atoms with Crippen LogP contribution in [0.4, 0.5) is 5.82 Å². The minimum absolute atomic E-state index is 0.0554. The molecule has 112 valence electrons. The van der Waals surface area contributed by atoms with E-state index < -0.39 is 10.0 Å². The summed E-state index contributed by atoms with van der Waals surface area (Å²) in [5.41, 5.74) is 0. The molecule has 0 fully saturated rings. The lowest BCUT2D eigenvalue weighted by atomic mass is 10.3. The Morgan fingerprint density at radius 2 is 1.90 bits per heavy atom. The van der Waals surface area contributed by atoms with Gasteiger partial charge in [-0.3, -0.25) is 4.72 Å². The van der Waals surface area contributed by atoms with Gasteiger partial charge >= 0.3 is 0 Å². The number of halogens is 1. The van der Waals surface area contributed by atoms with Gasteiger partial charge in [-0.25, -0.2) is 18.4 Å². The molecular formula is C12H12ClN3O4S. The molecule has 0 saturated heterocycles. The van der Waals surface area contributed by atoms with Crippen molar-refractivity contribution in [3.8, 4) is 11.5 Å². The fourth-order valence-electron chi connectivity index (χ4n) is 1.58. The van der Waals surface area contributed by atoms with Crippen molar-refractivity contribution in [1.82, 2.24) is 9.97 Å². The largest absolute Gasteiger partial charge is 0.497 e. The lowest BCUT2D eigenvalue weighted by Gasteiger charge is -2.12. The highest BCUT2D eigenvalue weighted by Gasteiger charge is 2.21. The Morgan fingerprint density at radius 1 is 1.14 bits per heavy atom. The molecule has 0 amide bonds. The third-order valence-corrected chi connectivity index (χ3v) is 4.12. The molecule has 0 unspecified atom stereocenters. The van der Waals surface area contributed by atoms with Gasteiger partial charge in [-0.15, -0.1) is 0 Å². The van der Waals surface area contributed by atoms with E-state index in [4.69, 9.17) is 21.1 Å². The van der Waals surface area contributed by atoms with E-state index in [-0.39, 0.29) is 21.6 Å². The van der Waals surface area contributed by atoms with Crippen molar-refractivity contribution in [2.24, 2.45) is 0 Å². The molecule has 1 heterocycles. The summed E-state index contributed by atoms with van der Waals surface area (Å²) in [4.78, 5) is 7.40. The topological polar surface area (TPSA) is 90.4 Å². The summed E-state index contributed by atoms with van der Waals surface area (Å²) in [5.74, 6) is 0.625. The van der Waals surface area contributed by atoms with Gasteiger partial charge in [0.15, 0.2) is 0 Å². The van der Waals surface area contributed by atoms with Crippen molar-refractivity contribution >= 4 is 27.4 Å². The van der Waals surface area contributed by atoms with E-state index in [9.17, 15) is 8.42 Å². The fourth-order valence-corrected chi connectivity index (χ4v) is 2.91. The molecule has 0 spiro atoms. The number of anilines is 1. The predicted octanol–water partition coefficient (Wildman–Crippen LogP) is 1.95. The van der Waals surface area contributed by atoms with Crippen molar-refractivity contribution in [1.29, 1.82) is 0 Å². The summed E-state index contributed by atoms with van der Waals surface area (Å²) in [5, 5.41) is 0.125. The standard InChI is InChI=1S/C12H12ClN3O4S/c1-19-8-3-4-9(20-2)10(5-8)21(17,18)16-12-6-11(13)14-7-15-12/h3-7H,1-2H3,(H,14,15,16). The van der Waals surface area contributed by atoms with E-state index in [1.807, 2.05) is 0 Å². The highest BCUT2D eigenvalue weighted by atomic mass is 35.5. The third-order valence-electron chi connectivity index (χ3n) is 2.53. The quantitative estimate of drug-likeness (QED) is 0.843. The molecule has 0 atom stereocenters. The van der Waals surface area contributed by atoms with Gasteiger partial charge < -0.3 is 9.47 Å². The molecule has 0 bridgehead atoms. The molecule has 0 saturated carbocycles. The zero-order valence-corrected chi connectivity index (χ0v) is 12.8. The number of rotatable bonds is 5. The van der Waals surface area contributed by atoms with Gasteiger partial charge in [0.25, 0.3) is 10.0 Å². The molecule has 7 nitrogen and oxygen atoms in total. The van der Waals surface area contributed by atoms with Gasteiger partial charge in [-0.05, 0) is 12.1 Å². The zero-order valence-electron chi connectivity index (χ0n) is 11.2. The molecule has 0 aliphatic rings. The van der Waals surface area contributed by atoms with Gasteiger partial charge in [0.2, 0.25) is 0 Å². The Labute approximate surface area is 126 Å². The normalized spacial score (nSPS) is 11.0. The van der Waals surface area contributed by atoms with Crippen molar-refractivity contribution < 1.29 is 17.9 Å². The first-order chi connectivity index (χ1) is 9.96. The Balaban J connectivity index is 2.43. The first-order valence-corrected chi connectivity index (χ1v) is 7.55. The van der Waals surface area contributed by atoms with Gasteiger partial charge in [-0.2, -0.15) is 0 Å². The van der Waals surface area contributed by atoms with Crippen LogP contribution in [0.2, 0.25) is 5.15 Å². The van der Waals surface area contributed by atoms with Crippen molar-refractivity contribution in [2.75, 3.05) is 18.9 Å². The van der Waals surface area contributed by atoms with E-state index in [0.29, 0.717) is 5.75 Å². The maximum atomic E-state index is 12.4. The molecule has 2 rings (SSSR count). The Hall–Kier alpha value is -2.06. The number of ether oxygens (including phenoxy) is 2. The average Bonchev–Trinajstić information content (AvgIpc) is 2.46. The number of nitrogens with zero attached hydrogens (tertiary/aromatic N) is 2. The molecule has 0 aliphatic heterocycles. The molecule has 0 radical (unpaired) electrons. The van der Waals surface area contributed by atoms with Crippen LogP contribution < -0.4 is 14.2 Å². The van der Waals surface area contributed by atoms with Crippen LogP contribution >= 0.6 is 11.6 Å². The van der Waals surface area contributed by atoms with Crippen LogP contribution in [-0.4, -0.2) is 32.6 Å². The number of hydrogen-bond acceptors (Lipinski definition) is 6. The van der Waals surface area contributed by atoms with Gasteiger partial charge in [0.05, 0.1) is 14.2 Å². The van der Waals surface area contributed by atoms with E-state index >= 15 is 0 Å². The van der Waals surface area contributed by atoms with E-state index in [1.54, 1.807) is 6.07 Å². The lowest BCUT2D eigenvalue weighted by Crippen LogP contribution is -2.15. The van der Waals surface area contributed by atoms with Gasteiger partial charge in [0.1, 0.15) is 33.7 Å². The van der Waals surface area contributed by atoms with E-state index in [1.165, 1.54) is 32.4 Å². The maximum Gasteiger partial charge on any atom is 0.266 e. The lowest BCUT2D eigenvalue weighted by molar-refractivity contribution is 0.392. The summed E-state index contributed by atoms with van der Waals surface area (Å²) >= 11 is 5.70. The Morgan fingerprint density at radius 3 is 2.52 bits per heavy atom. The van der Waals surface area contributed by atoms with E-state index in [0.717, 1.165) is 6.33 Å². The molecule has 1 aromatic heterocycles. The molecule has 1 N–H and O–H groups in total. The number of hydrogen-bond donors (Lipinski definition) is 1. The van der Waals surface area contributed by atoms with Crippen LogP contribution in [0.15, 0.2) is 35.5 Å². The number of methoxy groups -OCH3 is 2. The molecule has 0 aliphatic carbocycles. The third kappa shape index (κ3) is 3.53. The number of aromatic nitrogens is 2. The zero-order chi connectivity index (χ0) is 15.5. The highest BCUT2D eigenvalue weighted by molar-refractivity contribution is 7.92. The SMILES string of the molecule is COc1ccc(OC)c(S(=O)(=O)Nc2cc(Cl)ncn2)c1. The molecule has 21 heavy (non-hydrogen) atoms. The van der Waals surface area contributed by atoms with Crippen LogP contribution in [0.1, 0.15) is 0 Å².